The first kappa shape index (κ1) is 19.1. The quantitative estimate of drug-likeness (QED) is 0.416. The summed E-state index contributed by atoms with van der Waals surface area (Å²) in [6.07, 6.45) is 7.25. The standard InChI is InChI=1S/C14H15NO2.C9H10BrN/c1-2-17-14(16)13-8-11-6-9-4-3-5-10(9)7-12(11)15-13;10-8-4-6-2-1-3-7(6)5-9(8)11/h6-8,15H,2-5H2,1H3;4-5H,1-3,11H2. The van der Waals surface area contributed by atoms with Gasteiger partial charge in [0.25, 0.3) is 0 Å². The number of hydrogen-bond donors (Lipinski definition) is 2. The van der Waals surface area contributed by atoms with E-state index in [4.69, 9.17) is 10.5 Å². The van der Waals surface area contributed by atoms with Crippen LogP contribution >= 0.6 is 15.9 Å². The zero-order valence-corrected chi connectivity index (χ0v) is 17.7. The molecule has 4 nitrogen and oxygen atoms in total. The van der Waals surface area contributed by atoms with Crippen molar-refractivity contribution in [1.82, 2.24) is 4.98 Å². The fourth-order valence-corrected chi connectivity index (χ4v) is 4.53. The van der Waals surface area contributed by atoms with Gasteiger partial charge in [0, 0.05) is 21.1 Å². The number of aromatic amines is 1. The summed E-state index contributed by atoms with van der Waals surface area (Å²) < 4.78 is 6.03. The molecule has 0 atom stereocenters. The zero-order valence-electron chi connectivity index (χ0n) is 16.1. The molecule has 2 aliphatic carbocycles. The molecule has 3 aromatic rings. The van der Waals surface area contributed by atoms with Gasteiger partial charge in [-0.3, -0.25) is 0 Å². The Hall–Kier alpha value is -2.27. The second-order valence-corrected chi connectivity index (χ2v) is 8.32. The number of esters is 1. The van der Waals surface area contributed by atoms with Gasteiger partial charge in [-0.1, -0.05) is 0 Å². The van der Waals surface area contributed by atoms with Gasteiger partial charge in [0.2, 0.25) is 0 Å². The van der Waals surface area contributed by atoms with Crippen molar-refractivity contribution in [3.8, 4) is 0 Å². The summed E-state index contributed by atoms with van der Waals surface area (Å²) in [5.74, 6) is -0.274. The topological polar surface area (TPSA) is 68.1 Å². The van der Waals surface area contributed by atoms with Crippen LogP contribution < -0.4 is 5.73 Å². The van der Waals surface area contributed by atoms with E-state index in [0.717, 1.165) is 33.9 Å². The predicted octanol–water partition coefficient (Wildman–Crippen LogP) is 5.35. The highest BCUT2D eigenvalue weighted by atomic mass is 79.9. The van der Waals surface area contributed by atoms with Crippen molar-refractivity contribution in [2.24, 2.45) is 0 Å². The molecule has 3 N–H and O–H groups in total. The number of fused-ring (bicyclic) bond motifs is 3. The lowest BCUT2D eigenvalue weighted by atomic mass is 10.1. The Labute approximate surface area is 173 Å². The zero-order chi connectivity index (χ0) is 19.7. The Morgan fingerprint density at radius 3 is 2.29 bits per heavy atom. The summed E-state index contributed by atoms with van der Waals surface area (Å²) in [5.41, 5.74) is 13.9. The van der Waals surface area contributed by atoms with E-state index in [0.29, 0.717) is 12.3 Å². The van der Waals surface area contributed by atoms with Crippen LogP contribution in [0.3, 0.4) is 0 Å². The minimum atomic E-state index is -0.274. The maximum absolute atomic E-state index is 11.6. The minimum absolute atomic E-state index is 0.274. The van der Waals surface area contributed by atoms with Gasteiger partial charge in [0.1, 0.15) is 5.69 Å². The van der Waals surface area contributed by atoms with Crippen molar-refractivity contribution in [2.45, 2.75) is 45.4 Å². The number of H-pyrrole nitrogens is 1. The maximum atomic E-state index is 11.6. The molecule has 5 heteroatoms. The van der Waals surface area contributed by atoms with Gasteiger partial charge in [0.15, 0.2) is 0 Å². The average Bonchev–Trinajstić information content (AvgIpc) is 3.39. The molecule has 146 valence electrons. The van der Waals surface area contributed by atoms with E-state index in [2.05, 4.69) is 45.2 Å². The number of aromatic nitrogens is 1. The fraction of sp³-hybridized carbons (Fsp3) is 0.348. The number of nitrogen functional groups attached to an aromatic ring is 1. The summed E-state index contributed by atoms with van der Waals surface area (Å²) in [5, 5.41) is 1.11. The first-order valence-corrected chi connectivity index (χ1v) is 10.7. The summed E-state index contributed by atoms with van der Waals surface area (Å²) in [6, 6.07) is 10.5. The number of aryl methyl sites for hydroxylation is 4. The monoisotopic (exact) mass is 440 g/mol. The highest BCUT2D eigenvalue weighted by molar-refractivity contribution is 9.10. The van der Waals surface area contributed by atoms with Crippen molar-refractivity contribution >= 4 is 38.5 Å². The van der Waals surface area contributed by atoms with E-state index in [1.54, 1.807) is 0 Å². The molecule has 0 saturated heterocycles. The third-order valence-corrected chi connectivity index (χ3v) is 6.23. The van der Waals surface area contributed by atoms with Crippen LogP contribution in [0.15, 0.2) is 34.8 Å². The fourth-order valence-electron chi connectivity index (χ4n) is 4.14. The normalized spacial score (nSPS) is 14.4. The molecule has 0 fully saturated rings. The van der Waals surface area contributed by atoms with E-state index >= 15 is 0 Å². The molecule has 0 saturated carbocycles. The summed E-state index contributed by atoms with van der Waals surface area (Å²) in [6.45, 7) is 2.22. The summed E-state index contributed by atoms with van der Waals surface area (Å²) >= 11 is 3.42. The number of rotatable bonds is 2. The van der Waals surface area contributed by atoms with E-state index in [-0.39, 0.29) is 5.97 Å². The number of anilines is 1. The molecule has 1 aromatic heterocycles. The number of benzene rings is 2. The Kier molecular flexibility index (Phi) is 5.44. The second kappa shape index (κ2) is 8.00. The van der Waals surface area contributed by atoms with Crippen molar-refractivity contribution < 1.29 is 9.53 Å². The van der Waals surface area contributed by atoms with Gasteiger partial charge >= 0.3 is 5.97 Å². The number of nitrogens with two attached hydrogens (primary N) is 1. The molecule has 0 amide bonds. The van der Waals surface area contributed by atoms with Crippen LogP contribution in [0.25, 0.3) is 10.9 Å². The average molecular weight is 441 g/mol. The van der Waals surface area contributed by atoms with E-state index in [9.17, 15) is 4.79 Å². The smallest absolute Gasteiger partial charge is 0.354 e. The number of halogens is 1. The Morgan fingerprint density at radius 2 is 1.61 bits per heavy atom. The van der Waals surface area contributed by atoms with Crippen molar-refractivity contribution in [3.05, 3.63) is 62.8 Å². The van der Waals surface area contributed by atoms with Gasteiger partial charge < -0.3 is 15.5 Å². The van der Waals surface area contributed by atoms with Crippen LogP contribution in [-0.2, 0) is 30.4 Å². The highest BCUT2D eigenvalue weighted by Gasteiger charge is 2.15. The van der Waals surface area contributed by atoms with E-state index in [1.807, 2.05) is 13.0 Å². The lowest BCUT2D eigenvalue weighted by Gasteiger charge is -2.02. The van der Waals surface area contributed by atoms with E-state index in [1.165, 1.54) is 47.9 Å². The predicted molar refractivity (Wildman–Crippen MR) is 117 cm³/mol. The molecule has 0 aliphatic heterocycles. The molecule has 1 heterocycles. The Balaban J connectivity index is 0.000000151. The van der Waals surface area contributed by atoms with Gasteiger partial charge in [0.05, 0.1) is 6.61 Å². The number of nitrogens with one attached hydrogen (secondary N) is 1. The second-order valence-electron chi connectivity index (χ2n) is 7.46. The van der Waals surface area contributed by atoms with Crippen molar-refractivity contribution in [1.29, 1.82) is 0 Å². The minimum Gasteiger partial charge on any atom is -0.461 e. The lowest BCUT2D eigenvalue weighted by molar-refractivity contribution is 0.0520. The molecule has 0 bridgehead atoms. The van der Waals surface area contributed by atoms with Crippen LogP contribution in [0, 0.1) is 0 Å². The van der Waals surface area contributed by atoms with Crippen LogP contribution in [0.5, 0.6) is 0 Å². The Morgan fingerprint density at radius 1 is 1.00 bits per heavy atom. The largest absolute Gasteiger partial charge is 0.461 e. The number of ether oxygens (including phenoxy) is 1. The molecule has 0 spiro atoms. The number of hydrogen-bond acceptors (Lipinski definition) is 3. The van der Waals surface area contributed by atoms with Gasteiger partial charge in [-0.25, -0.2) is 4.79 Å². The molecule has 5 rings (SSSR count). The molecular weight excluding hydrogens is 416 g/mol. The number of carbonyl (C=O) groups excluding carboxylic acids is 1. The third kappa shape index (κ3) is 3.81. The summed E-state index contributed by atoms with van der Waals surface area (Å²) in [4.78, 5) is 14.7. The summed E-state index contributed by atoms with van der Waals surface area (Å²) in [7, 11) is 0. The third-order valence-electron chi connectivity index (χ3n) is 5.54. The van der Waals surface area contributed by atoms with Crippen LogP contribution in [-0.4, -0.2) is 17.6 Å². The molecule has 0 unspecified atom stereocenters. The van der Waals surface area contributed by atoms with Gasteiger partial charge in [-0.15, -0.1) is 0 Å². The van der Waals surface area contributed by atoms with Crippen LogP contribution in [0.4, 0.5) is 5.69 Å². The van der Waals surface area contributed by atoms with Crippen LogP contribution in [0.1, 0.15) is 52.5 Å². The highest BCUT2D eigenvalue weighted by Crippen LogP contribution is 2.30. The lowest BCUT2D eigenvalue weighted by Crippen LogP contribution is -2.04. The van der Waals surface area contributed by atoms with Crippen LogP contribution in [0.2, 0.25) is 0 Å². The molecule has 28 heavy (non-hydrogen) atoms. The molecule has 2 aromatic carbocycles. The molecule has 2 aliphatic rings. The Bertz CT molecular complexity index is 969. The van der Waals surface area contributed by atoms with Gasteiger partial charge in [-0.05, 0) is 114 Å². The SMILES string of the molecule is CCOC(=O)c1cc2cc3c(cc2[nH]1)CCC3.Nc1cc2c(cc1Br)CCC2. The van der Waals surface area contributed by atoms with Crippen molar-refractivity contribution in [3.63, 3.8) is 0 Å². The molecule has 0 radical (unpaired) electrons. The number of carbonyl (C=O) groups is 1. The first-order valence-electron chi connectivity index (χ1n) is 9.93. The first-order chi connectivity index (χ1) is 13.5. The molecular formula is C23H25BrN2O2. The van der Waals surface area contributed by atoms with E-state index < -0.39 is 0 Å². The van der Waals surface area contributed by atoms with Crippen molar-refractivity contribution in [2.75, 3.05) is 12.3 Å². The maximum Gasteiger partial charge on any atom is 0.354 e. The van der Waals surface area contributed by atoms with Gasteiger partial charge in [-0.2, -0.15) is 0 Å².